The summed E-state index contributed by atoms with van der Waals surface area (Å²) in [6.07, 6.45) is -5.39. The van der Waals surface area contributed by atoms with Gasteiger partial charge in [0.15, 0.2) is 0 Å². The van der Waals surface area contributed by atoms with Gasteiger partial charge in [-0.15, -0.1) is 0 Å². The molecule has 6 heteroatoms. The first-order valence-corrected chi connectivity index (χ1v) is 3.80. The van der Waals surface area contributed by atoms with E-state index in [0.717, 1.165) is 0 Å². The van der Waals surface area contributed by atoms with Crippen LogP contribution in [0.25, 0.3) is 0 Å². The summed E-state index contributed by atoms with van der Waals surface area (Å²) in [7, 11) is 0. The second-order valence-corrected chi connectivity index (χ2v) is 2.93. The highest BCUT2D eigenvalue weighted by molar-refractivity contribution is 5.79. The molecule has 3 nitrogen and oxygen atoms in total. The molecular weight excluding hydrogens is 195 g/mol. The van der Waals surface area contributed by atoms with E-state index in [2.05, 4.69) is 0 Å². The third-order valence-corrected chi connectivity index (χ3v) is 1.80. The molecule has 0 saturated heterocycles. The molecule has 14 heavy (non-hydrogen) atoms. The zero-order chi connectivity index (χ0) is 10.9. The average Bonchev–Trinajstić information content (AvgIpc) is 2.04. The fourth-order valence-electron chi connectivity index (χ4n) is 1.07. The summed E-state index contributed by atoms with van der Waals surface area (Å²) in [6, 6.07) is 2.54. The maximum Gasteiger partial charge on any atom is 0.393 e. The molecule has 0 aromatic heterocycles. The number of rotatable bonds is 1. The molecule has 0 atom stereocenters. The lowest BCUT2D eigenvalue weighted by molar-refractivity contribution is -0.127. The van der Waals surface area contributed by atoms with Gasteiger partial charge in [0, 0.05) is 0 Å². The minimum absolute atomic E-state index is 0.00625. The Morgan fingerprint density at radius 2 is 1.57 bits per heavy atom. The van der Waals surface area contributed by atoms with Crippen molar-refractivity contribution in [3.05, 3.63) is 17.7 Å². The van der Waals surface area contributed by atoms with Crippen molar-refractivity contribution in [2.45, 2.75) is 12.6 Å². The van der Waals surface area contributed by atoms with E-state index in [9.17, 15) is 13.2 Å². The van der Waals surface area contributed by atoms with Crippen molar-refractivity contribution in [3.63, 3.8) is 0 Å². The lowest BCUT2D eigenvalue weighted by Crippen LogP contribution is -2.14. The quantitative estimate of drug-likeness (QED) is 0.608. The standard InChI is InChI=1S/C8H10F3N3/c9-8(10,11)3-4-1-2-5(12)7(14)6(4)13/h1-2H,3,12-14H2. The van der Waals surface area contributed by atoms with E-state index >= 15 is 0 Å². The highest BCUT2D eigenvalue weighted by Gasteiger charge is 2.29. The molecule has 1 aromatic carbocycles. The van der Waals surface area contributed by atoms with Crippen LogP contribution in [-0.2, 0) is 6.42 Å². The van der Waals surface area contributed by atoms with Crippen LogP contribution in [0, 0.1) is 0 Å². The Labute approximate surface area is 78.7 Å². The van der Waals surface area contributed by atoms with Crippen molar-refractivity contribution in [1.29, 1.82) is 0 Å². The Hall–Kier alpha value is -1.59. The highest BCUT2D eigenvalue weighted by Crippen LogP contribution is 2.30. The maximum atomic E-state index is 12.0. The van der Waals surface area contributed by atoms with E-state index < -0.39 is 12.6 Å². The molecule has 1 rings (SSSR count). The zero-order valence-corrected chi connectivity index (χ0v) is 7.23. The minimum atomic E-state index is -4.29. The van der Waals surface area contributed by atoms with Crippen LogP contribution in [0.5, 0.6) is 0 Å². The van der Waals surface area contributed by atoms with Crippen LogP contribution < -0.4 is 17.2 Å². The van der Waals surface area contributed by atoms with E-state index in [-0.39, 0.29) is 22.6 Å². The van der Waals surface area contributed by atoms with Gasteiger partial charge in [-0.3, -0.25) is 0 Å². The van der Waals surface area contributed by atoms with Gasteiger partial charge < -0.3 is 17.2 Å². The summed E-state index contributed by atoms with van der Waals surface area (Å²) in [6.45, 7) is 0. The Morgan fingerprint density at radius 1 is 1.00 bits per heavy atom. The first kappa shape index (κ1) is 10.5. The molecule has 78 valence electrons. The van der Waals surface area contributed by atoms with Crippen molar-refractivity contribution in [2.24, 2.45) is 0 Å². The molecule has 0 radical (unpaired) electrons. The van der Waals surface area contributed by atoms with Crippen LogP contribution in [-0.4, -0.2) is 6.18 Å². The van der Waals surface area contributed by atoms with Crippen molar-refractivity contribution in [2.75, 3.05) is 17.2 Å². The van der Waals surface area contributed by atoms with E-state index in [1.54, 1.807) is 0 Å². The largest absolute Gasteiger partial charge is 0.397 e. The number of alkyl halides is 3. The normalized spacial score (nSPS) is 11.6. The summed E-state index contributed by atoms with van der Waals surface area (Å²) in [5.74, 6) is 0. The third-order valence-electron chi connectivity index (χ3n) is 1.80. The molecule has 0 spiro atoms. The van der Waals surface area contributed by atoms with Crippen LogP contribution in [0.3, 0.4) is 0 Å². The van der Waals surface area contributed by atoms with Gasteiger partial charge in [0.05, 0.1) is 23.5 Å². The van der Waals surface area contributed by atoms with Crippen LogP contribution in [0.15, 0.2) is 12.1 Å². The van der Waals surface area contributed by atoms with E-state index in [0.29, 0.717) is 0 Å². The van der Waals surface area contributed by atoms with Gasteiger partial charge in [-0.05, 0) is 11.6 Å². The van der Waals surface area contributed by atoms with E-state index in [4.69, 9.17) is 17.2 Å². The molecule has 6 N–H and O–H groups in total. The monoisotopic (exact) mass is 205 g/mol. The van der Waals surface area contributed by atoms with Gasteiger partial charge in [-0.1, -0.05) is 6.07 Å². The highest BCUT2D eigenvalue weighted by atomic mass is 19.4. The van der Waals surface area contributed by atoms with Crippen LogP contribution >= 0.6 is 0 Å². The maximum absolute atomic E-state index is 12.0. The predicted octanol–water partition coefficient (Wildman–Crippen LogP) is 1.54. The SMILES string of the molecule is Nc1ccc(CC(F)(F)F)c(N)c1N. The minimum Gasteiger partial charge on any atom is -0.397 e. The van der Waals surface area contributed by atoms with E-state index in [1.165, 1.54) is 12.1 Å². The summed E-state index contributed by atoms with van der Waals surface area (Å²) < 4.78 is 36.1. The third kappa shape index (κ3) is 2.21. The number of hydrogen-bond donors (Lipinski definition) is 3. The Bertz CT molecular complexity index is 346. The Balaban J connectivity index is 3.06. The molecule has 0 fully saturated rings. The molecule has 0 heterocycles. The number of halogens is 3. The number of anilines is 3. The predicted molar refractivity (Wildman–Crippen MR) is 49.4 cm³/mol. The summed E-state index contributed by atoms with van der Waals surface area (Å²) >= 11 is 0. The number of nitrogens with two attached hydrogens (primary N) is 3. The first-order chi connectivity index (χ1) is 6.31. The smallest absolute Gasteiger partial charge is 0.393 e. The second-order valence-electron chi connectivity index (χ2n) is 2.93. The summed E-state index contributed by atoms with van der Waals surface area (Å²) in [5.41, 5.74) is 16.2. The van der Waals surface area contributed by atoms with Gasteiger partial charge in [-0.25, -0.2) is 0 Å². The zero-order valence-electron chi connectivity index (χ0n) is 7.23. The van der Waals surface area contributed by atoms with Crippen molar-refractivity contribution >= 4 is 17.1 Å². The van der Waals surface area contributed by atoms with Gasteiger partial charge in [-0.2, -0.15) is 13.2 Å². The summed E-state index contributed by atoms with van der Waals surface area (Å²) in [5, 5.41) is 0. The molecule has 0 aliphatic rings. The molecule has 0 saturated carbocycles. The van der Waals surface area contributed by atoms with Crippen molar-refractivity contribution in [1.82, 2.24) is 0 Å². The van der Waals surface area contributed by atoms with Crippen molar-refractivity contribution in [3.8, 4) is 0 Å². The fourth-order valence-corrected chi connectivity index (χ4v) is 1.07. The number of nitrogen functional groups attached to an aromatic ring is 3. The molecule has 0 bridgehead atoms. The van der Waals surface area contributed by atoms with Crippen LogP contribution in [0.2, 0.25) is 0 Å². The van der Waals surface area contributed by atoms with E-state index in [1.807, 2.05) is 0 Å². The Kier molecular flexibility index (Phi) is 2.46. The average molecular weight is 205 g/mol. The first-order valence-electron chi connectivity index (χ1n) is 3.80. The number of benzene rings is 1. The molecule has 0 amide bonds. The van der Waals surface area contributed by atoms with Gasteiger partial charge in [0.25, 0.3) is 0 Å². The number of hydrogen-bond acceptors (Lipinski definition) is 3. The molecule has 0 aliphatic carbocycles. The Morgan fingerprint density at radius 3 is 2.07 bits per heavy atom. The van der Waals surface area contributed by atoms with Crippen LogP contribution in [0.4, 0.5) is 30.2 Å². The topological polar surface area (TPSA) is 78.1 Å². The molecule has 0 aliphatic heterocycles. The lowest BCUT2D eigenvalue weighted by Gasteiger charge is -2.12. The lowest BCUT2D eigenvalue weighted by atomic mass is 10.1. The fraction of sp³-hybridized carbons (Fsp3) is 0.250. The molecular formula is C8H10F3N3. The second kappa shape index (κ2) is 3.28. The summed E-state index contributed by atoms with van der Waals surface area (Å²) in [4.78, 5) is 0. The molecule has 1 aromatic rings. The van der Waals surface area contributed by atoms with Gasteiger partial charge >= 0.3 is 6.18 Å². The molecule has 0 unspecified atom stereocenters. The van der Waals surface area contributed by atoms with Crippen molar-refractivity contribution < 1.29 is 13.2 Å². The van der Waals surface area contributed by atoms with Crippen LogP contribution in [0.1, 0.15) is 5.56 Å². The van der Waals surface area contributed by atoms with Gasteiger partial charge in [0.2, 0.25) is 0 Å². The van der Waals surface area contributed by atoms with Gasteiger partial charge in [0.1, 0.15) is 0 Å².